The summed E-state index contributed by atoms with van der Waals surface area (Å²) in [6.45, 7) is 0. The Kier molecular flexibility index (Phi) is 6.66. The molecule has 0 spiro atoms. The van der Waals surface area contributed by atoms with E-state index in [0.29, 0.717) is 22.2 Å². The number of non-ortho nitro benzene ring substituents is 1. The van der Waals surface area contributed by atoms with Gasteiger partial charge in [0.05, 0.1) is 17.6 Å². The molecule has 0 aliphatic rings. The number of hydrogen-bond donors (Lipinski definition) is 2. The van der Waals surface area contributed by atoms with Crippen LogP contribution in [0.15, 0.2) is 69.1 Å². The average molecular weight is 499 g/mol. The van der Waals surface area contributed by atoms with E-state index in [4.69, 9.17) is 20.8 Å². The Bertz CT molecular complexity index is 1400. The first kappa shape index (κ1) is 23.1. The Morgan fingerprint density at radius 1 is 1.24 bits per heavy atom. The number of furan rings is 1. The fraction of sp³-hybridized carbons (Fsp3) is 0.0455. The molecular weight excluding hydrogens is 484 g/mol. The van der Waals surface area contributed by atoms with Crippen LogP contribution in [0.3, 0.4) is 0 Å². The molecular formula is C22H15ClN4O6S. The first-order chi connectivity index (χ1) is 16.3. The van der Waals surface area contributed by atoms with Crippen molar-refractivity contribution in [2.45, 2.75) is 5.16 Å². The second-order valence-corrected chi connectivity index (χ2v) is 8.18. The van der Waals surface area contributed by atoms with E-state index in [-0.39, 0.29) is 27.3 Å². The van der Waals surface area contributed by atoms with Crippen LogP contribution in [0.1, 0.15) is 5.76 Å². The van der Waals surface area contributed by atoms with E-state index in [0.717, 1.165) is 17.3 Å². The number of H-pyrrole nitrogens is 1. The van der Waals surface area contributed by atoms with Gasteiger partial charge in [0.25, 0.3) is 5.69 Å². The first-order valence-electron chi connectivity index (χ1n) is 9.58. The van der Waals surface area contributed by atoms with E-state index in [1.165, 1.54) is 31.4 Å². The number of benzene rings is 2. The Morgan fingerprint density at radius 2 is 2.00 bits per heavy atom. The number of halogens is 1. The van der Waals surface area contributed by atoms with Crippen molar-refractivity contribution < 1.29 is 24.0 Å². The Hall–Kier alpha value is -4.09. The van der Waals surface area contributed by atoms with E-state index < -0.39 is 10.9 Å². The lowest BCUT2D eigenvalue weighted by molar-refractivity contribution is -0.384. The molecule has 10 nitrogen and oxygen atoms in total. The highest BCUT2D eigenvalue weighted by molar-refractivity contribution is 8.04. The van der Waals surface area contributed by atoms with Crippen molar-refractivity contribution in [1.82, 2.24) is 15.2 Å². The van der Waals surface area contributed by atoms with Crippen LogP contribution in [0.2, 0.25) is 5.02 Å². The molecule has 0 saturated heterocycles. The second-order valence-electron chi connectivity index (χ2n) is 6.73. The van der Waals surface area contributed by atoms with Crippen LogP contribution in [0.5, 0.6) is 5.75 Å². The maximum absolute atomic E-state index is 11.8. The van der Waals surface area contributed by atoms with Crippen molar-refractivity contribution in [2.75, 3.05) is 7.11 Å². The number of ether oxygens (including phenoxy) is 1. The van der Waals surface area contributed by atoms with E-state index in [1.807, 2.05) is 0 Å². The number of thioether (sulfide) groups is 1. The molecule has 0 atom stereocenters. The minimum absolute atomic E-state index is 0.0893. The lowest BCUT2D eigenvalue weighted by atomic mass is 10.1. The Balaban J connectivity index is 1.60. The minimum atomic E-state index is -1.20. The van der Waals surface area contributed by atoms with Crippen LogP contribution in [-0.4, -0.2) is 38.3 Å². The molecule has 0 fully saturated rings. The summed E-state index contributed by atoms with van der Waals surface area (Å²) >= 11 is 6.73. The van der Waals surface area contributed by atoms with Crippen molar-refractivity contribution in [2.24, 2.45) is 0 Å². The number of aromatic amines is 1. The number of aromatic nitrogens is 3. The van der Waals surface area contributed by atoms with Gasteiger partial charge >= 0.3 is 5.97 Å². The third kappa shape index (κ3) is 5.11. The normalized spacial score (nSPS) is 11.4. The predicted octanol–water partition coefficient (Wildman–Crippen LogP) is 5.52. The van der Waals surface area contributed by atoms with Crippen molar-refractivity contribution in [3.63, 3.8) is 0 Å². The van der Waals surface area contributed by atoms with Crippen LogP contribution >= 0.6 is 23.4 Å². The minimum Gasteiger partial charge on any atom is -0.496 e. The molecule has 4 rings (SSSR count). The number of aliphatic carboxylic acids is 1. The van der Waals surface area contributed by atoms with Gasteiger partial charge in [-0.05, 0) is 54.2 Å². The molecule has 0 radical (unpaired) electrons. The molecule has 2 heterocycles. The molecule has 4 aromatic rings. The lowest BCUT2D eigenvalue weighted by Gasteiger charge is -2.05. The monoisotopic (exact) mass is 498 g/mol. The molecule has 0 aliphatic heterocycles. The number of nitrogens with one attached hydrogen (secondary N) is 1. The van der Waals surface area contributed by atoms with Crippen molar-refractivity contribution in [3.8, 4) is 28.5 Å². The molecule has 172 valence electrons. The number of rotatable bonds is 8. The molecule has 0 amide bonds. The highest BCUT2D eigenvalue weighted by Crippen LogP contribution is 2.35. The highest BCUT2D eigenvalue weighted by Gasteiger charge is 2.18. The smallest absolute Gasteiger partial charge is 0.342 e. The number of carboxylic acid groups (broad SMARTS) is 1. The van der Waals surface area contributed by atoms with E-state index in [1.54, 1.807) is 36.4 Å². The Labute approximate surface area is 201 Å². The van der Waals surface area contributed by atoms with Gasteiger partial charge in [0.1, 0.15) is 22.2 Å². The zero-order valence-electron chi connectivity index (χ0n) is 17.4. The lowest BCUT2D eigenvalue weighted by Crippen LogP contribution is -1.97. The molecule has 2 aromatic carbocycles. The standard InChI is InChI=1S/C22H15ClN4O6S/c1-32-17-8-6-14(27(30)31)10-16(17)18-9-7-15(33-18)11-19(21(28)29)34-22-24-20(25-26-22)12-2-4-13(23)5-3-12/h2-11H,1H3,(H,28,29)(H,24,25,26)/b19-11-. The van der Waals surface area contributed by atoms with Gasteiger partial charge < -0.3 is 14.3 Å². The van der Waals surface area contributed by atoms with E-state index in [9.17, 15) is 20.0 Å². The first-order valence-corrected chi connectivity index (χ1v) is 10.8. The quantitative estimate of drug-likeness (QED) is 0.139. The number of nitro benzene ring substituents is 1. The fourth-order valence-corrected chi connectivity index (χ4v) is 3.78. The van der Waals surface area contributed by atoms with Crippen molar-refractivity contribution in [3.05, 3.63) is 80.4 Å². The number of nitro groups is 1. The summed E-state index contributed by atoms with van der Waals surface area (Å²) in [6.07, 6.45) is 1.32. The van der Waals surface area contributed by atoms with Crippen LogP contribution in [0, 0.1) is 10.1 Å². The summed E-state index contributed by atoms with van der Waals surface area (Å²) in [6, 6.07) is 14.2. The third-order valence-corrected chi connectivity index (χ3v) is 5.68. The number of hydrogen-bond acceptors (Lipinski definition) is 8. The van der Waals surface area contributed by atoms with Gasteiger partial charge in [-0.25, -0.2) is 9.78 Å². The van der Waals surface area contributed by atoms with Gasteiger partial charge in [0.2, 0.25) is 5.16 Å². The van der Waals surface area contributed by atoms with Crippen molar-refractivity contribution in [1.29, 1.82) is 0 Å². The van der Waals surface area contributed by atoms with Gasteiger partial charge in [-0.1, -0.05) is 11.6 Å². The maximum Gasteiger partial charge on any atom is 0.342 e. The van der Waals surface area contributed by atoms with E-state index in [2.05, 4.69) is 15.2 Å². The third-order valence-electron chi connectivity index (χ3n) is 4.55. The van der Waals surface area contributed by atoms with Gasteiger partial charge in [0.15, 0.2) is 5.82 Å². The predicted molar refractivity (Wildman–Crippen MR) is 126 cm³/mol. The topological polar surface area (TPSA) is 144 Å². The summed E-state index contributed by atoms with van der Waals surface area (Å²) in [5.41, 5.74) is 0.973. The van der Waals surface area contributed by atoms with Gasteiger partial charge in [-0.15, -0.1) is 5.10 Å². The number of carbonyl (C=O) groups is 1. The molecule has 0 saturated carbocycles. The van der Waals surface area contributed by atoms with E-state index >= 15 is 0 Å². The summed E-state index contributed by atoms with van der Waals surface area (Å²) in [5.74, 6) is 0.140. The largest absolute Gasteiger partial charge is 0.496 e. The maximum atomic E-state index is 11.8. The zero-order chi connectivity index (χ0) is 24.2. The molecule has 2 aromatic heterocycles. The van der Waals surface area contributed by atoms with Crippen LogP contribution in [0.25, 0.3) is 28.8 Å². The van der Waals surface area contributed by atoms with Crippen LogP contribution in [0.4, 0.5) is 5.69 Å². The molecule has 2 N–H and O–H groups in total. The van der Waals surface area contributed by atoms with Gasteiger partial charge in [-0.3, -0.25) is 15.2 Å². The summed E-state index contributed by atoms with van der Waals surface area (Å²) < 4.78 is 11.0. The summed E-state index contributed by atoms with van der Waals surface area (Å²) in [7, 11) is 1.43. The summed E-state index contributed by atoms with van der Waals surface area (Å²) in [5, 5.41) is 28.4. The molecule has 34 heavy (non-hydrogen) atoms. The number of carboxylic acids is 1. The van der Waals surface area contributed by atoms with Crippen molar-refractivity contribution >= 4 is 41.1 Å². The Morgan fingerprint density at radius 3 is 2.68 bits per heavy atom. The second kappa shape index (κ2) is 9.81. The number of methoxy groups -OCH3 is 1. The number of nitrogens with zero attached hydrogens (tertiary/aromatic N) is 3. The van der Waals surface area contributed by atoms with Crippen LogP contribution < -0.4 is 4.74 Å². The molecule has 0 bridgehead atoms. The summed E-state index contributed by atoms with van der Waals surface area (Å²) in [4.78, 5) is 26.6. The highest BCUT2D eigenvalue weighted by atomic mass is 35.5. The van der Waals surface area contributed by atoms with Gasteiger partial charge in [-0.2, -0.15) is 0 Å². The zero-order valence-corrected chi connectivity index (χ0v) is 19.0. The fourth-order valence-electron chi connectivity index (χ4n) is 2.97. The molecule has 0 aliphatic carbocycles. The SMILES string of the molecule is COc1ccc([N+](=O)[O-])cc1-c1ccc(/C=C(\Sc2n[nH]c(-c3ccc(Cl)cc3)n2)C(=O)O)o1. The average Bonchev–Trinajstić information content (AvgIpc) is 3.48. The molecule has 0 unspecified atom stereocenters. The van der Waals surface area contributed by atoms with Crippen LogP contribution in [-0.2, 0) is 4.79 Å². The van der Waals surface area contributed by atoms with Gasteiger partial charge in [0, 0.05) is 28.8 Å². The molecule has 12 heteroatoms.